The summed E-state index contributed by atoms with van der Waals surface area (Å²) >= 11 is 0. The fourth-order valence-electron chi connectivity index (χ4n) is 0.732. The van der Waals surface area contributed by atoms with E-state index in [1.165, 1.54) is 0 Å². The normalized spacial score (nSPS) is 10.8. The van der Waals surface area contributed by atoms with Crippen LogP contribution >= 0.6 is 0 Å². The van der Waals surface area contributed by atoms with Crippen molar-refractivity contribution in [3.8, 4) is 0 Å². The van der Waals surface area contributed by atoms with Gasteiger partial charge in [-0.1, -0.05) is 13.8 Å². The molecule has 72 valence electrons. The predicted octanol–water partition coefficient (Wildman–Crippen LogP) is 1.53. The Kier molecular flexibility index (Phi) is 5.72. The molecule has 12 heavy (non-hydrogen) atoms. The van der Waals surface area contributed by atoms with E-state index in [4.69, 9.17) is 4.74 Å². The second kappa shape index (κ2) is 6.00. The van der Waals surface area contributed by atoms with Crippen LogP contribution in [0.25, 0.3) is 0 Å². The van der Waals surface area contributed by atoms with E-state index in [-0.39, 0.29) is 12.0 Å². The summed E-state index contributed by atoms with van der Waals surface area (Å²) in [7, 11) is 0. The number of amides is 1. The summed E-state index contributed by atoms with van der Waals surface area (Å²) in [5.41, 5.74) is 0. The summed E-state index contributed by atoms with van der Waals surface area (Å²) in [6, 6.07) is 0. The maximum Gasteiger partial charge on any atom is 0.222 e. The third kappa shape index (κ3) is 7.54. The van der Waals surface area contributed by atoms with Gasteiger partial charge in [0.2, 0.25) is 5.91 Å². The smallest absolute Gasteiger partial charge is 0.222 e. The van der Waals surface area contributed by atoms with Gasteiger partial charge in [-0.25, -0.2) is 0 Å². The summed E-state index contributed by atoms with van der Waals surface area (Å²) < 4.78 is 5.16. The Hall–Kier alpha value is -0.570. The lowest BCUT2D eigenvalue weighted by atomic mass is 10.1. The quantitative estimate of drug-likeness (QED) is 0.640. The lowest BCUT2D eigenvalue weighted by molar-refractivity contribution is -0.123. The molecule has 1 amide bonds. The molecule has 0 saturated heterocycles. The van der Waals surface area contributed by atoms with Crippen molar-refractivity contribution in [1.82, 2.24) is 5.32 Å². The van der Waals surface area contributed by atoms with E-state index in [1.807, 2.05) is 27.7 Å². The molecule has 0 atom stereocenters. The Morgan fingerprint density at radius 2 is 1.92 bits per heavy atom. The highest BCUT2D eigenvalue weighted by Crippen LogP contribution is 1.97. The standard InChI is InChI=1S/C9H19NO2/c1-7(2)5-9(11)10-6-12-8(3)4/h7-8H,5-6H2,1-4H3,(H,10,11). The van der Waals surface area contributed by atoms with Gasteiger partial charge in [0, 0.05) is 6.42 Å². The first kappa shape index (κ1) is 11.4. The Balaban J connectivity index is 3.32. The van der Waals surface area contributed by atoms with Crippen molar-refractivity contribution in [3.05, 3.63) is 0 Å². The molecule has 0 bridgehead atoms. The van der Waals surface area contributed by atoms with Crippen molar-refractivity contribution < 1.29 is 9.53 Å². The summed E-state index contributed by atoms with van der Waals surface area (Å²) in [6.07, 6.45) is 0.742. The van der Waals surface area contributed by atoms with Gasteiger partial charge in [-0.05, 0) is 19.8 Å². The molecule has 0 fully saturated rings. The van der Waals surface area contributed by atoms with Crippen LogP contribution in [0, 0.1) is 5.92 Å². The highest BCUT2D eigenvalue weighted by atomic mass is 16.5. The van der Waals surface area contributed by atoms with Crippen LogP contribution < -0.4 is 5.32 Å². The van der Waals surface area contributed by atoms with Gasteiger partial charge >= 0.3 is 0 Å². The zero-order valence-corrected chi connectivity index (χ0v) is 8.39. The van der Waals surface area contributed by atoms with Crippen LogP contribution in [0.1, 0.15) is 34.1 Å². The fraction of sp³-hybridized carbons (Fsp3) is 0.889. The topological polar surface area (TPSA) is 38.3 Å². The Morgan fingerprint density at radius 3 is 2.33 bits per heavy atom. The molecule has 0 aliphatic carbocycles. The Labute approximate surface area is 74.5 Å². The molecule has 3 heteroatoms. The van der Waals surface area contributed by atoms with Crippen LogP contribution in [0.3, 0.4) is 0 Å². The average molecular weight is 173 g/mol. The number of carbonyl (C=O) groups excluding carboxylic acids is 1. The monoisotopic (exact) mass is 173 g/mol. The van der Waals surface area contributed by atoms with Crippen molar-refractivity contribution in [2.45, 2.75) is 40.2 Å². The molecular formula is C9H19NO2. The van der Waals surface area contributed by atoms with E-state index in [2.05, 4.69) is 5.32 Å². The van der Waals surface area contributed by atoms with Crippen molar-refractivity contribution in [2.75, 3.05) is 6.73 Å². The summed E-state index contributed by atoms with van der Waals surface area (Å²) in [5, 5.41) is 2.68. The Bertz CT molecular complexity index is 132. The number of rotatable bonds is 5. The van der Waals surface area contributed by atoms with Gasteiger partial charge in [0.05, 0.1) is 6.10 Å². The van der Waals surface area contributed by atoms with E-state index in [0.29, 0.717) is 19.1 Å². The summed E-state index contributed by atoms with van der Waals surface area (Å²) in [4.78, 5) is 11.0. The molecule has 0 aromatic rings. The molecule has 0 saturated carbocycles. The maximum absolute atomic E-state index is 11.0. The van der Waals surface area contributed by atoms with Crippen molar-refractivity contribution in [2.24, 2.45) is 5.92 Å². The van der Waals surface area contributed by atoms with Crippen molar-refractivity contribution >= 4 is 5.91 Å². The average Bonchev–Trinajstić information content (AvgIpc) is 1.84. The van der Waals surface area contributed by atoms with Crippen LogP contribution in [-0.4, -0.2) is 18.7 Å². The lowest BCUT2D eigenvalue weighted by Crippen LogP contribution is -2.28. The van der Waals surface area contributed by atoms with E-state index >= 15 is 0 Å². The SMILES string of the molecule is CC(C)CC(=O)NCOC(C)C. The van der Waals surface area contributed by atoms with Gasteiger partial charge in [0.1, 0.15) is 6.73 Å². The van der Waals surface area contributed by atoms with Gasteiger partial charge in [-0.15, -0.1) is 0 Å². The number of carbonyl (C=O) groups is 1. The zero-order chi connectivity index (χ0) is 9.56. The molecule has 1 N–H and O–H groups in total. The van der Waals surface area contributed by atoms with Gasteiger partial charge < -0.3 is 10.1 Å². The minimum atomic E-state index is 0.0608. The molecule has 0 spiro atoms. The molecule has 0 heterocycles. The third-order valence-electron chi connectivity index (χ3n) is 1.28. The molecule has 0 aliphatic heterocycles. The van der Waals surface area contributed by atoms with Crippen LogP contribution in [0.5, 0.6) is 0 Å². The fourth-order valence-corrected chi connectivity index (χ4v) is 0.732. The molecule has 0 radical (unpaired) electrons. The number of ether oxygens (including phenoxy) is 1. The van der Waals surface area contributed by atoms with Crippen LogP contribution in [0.4, 0.5) is 0 Å². The molecule has 0 rings (SSSR count). The Morgan fingerprint density at radius 1 is 1.33 bits per heavy atom. The van der Waals surface area contributed by atoms with Crippen molar-refractivity contribution in [1.29, 1.82) is 0 Å². The molecular weight excluding hydrogens is 154 g/mol. The minimum Gasteiger partial charge on any atom is -0.359 e. The van der Waals surface area contributed by atoms with E-state index < -0.39 is 0 Å². The van der Waals surface area contributed by atoms with Gasteiger partial charge in [0.25, 0.3) is 0 Å². The van der Waals surface area contributed by atoms with Crippen LogP contribution in [0.2, 0.25) is 0 Å². The highest BCUT2D eigenvalue weighted by molar-refractivity contribution is 5.75. The lowest BCUT2D eigenvalue weighted by Gasteiger charge is -2.09. The summed E-state index contributed by atoms with van der Waals surface area (Å²) in [5.74, 6) is 0.467. The first-order chi connectivity index (χ1) is 5.52. The third-order valence-corrected chi connectivity index (χ3v) is 1.28. The van der Waals surface area contributed by atoms with Crippen LogP contribution in [0.15, 0.2) is 0 Å². The van der Waals surface area contributed by atoms with Crippen LogP contribution in [-0.2, 0) is 9.53 Å². The maximum atomic E-state index is 11.0. The van der Waals surface area contributed by atoms with Gasteiger partial charge in [-0.2, -0.15) is 0 Å². The second-order valence-corrected chi connectivity index (χ2v) is 3.56. The first-order valence-electron chi connectivity index (χ1n) is 4.40. The molecule has 0 aliphatic rings. The number of hydrogen-bond donors (Lipinski definition) is 1. The number of nitrogens with one attached hydrogen (secondary N) is 1. The molecule has 0 aromatic heterocycles. The predicted molar refractivity (Wildman–Crippen MR) is 48.7 cm³/mol. The highest BCUT2D eigenvalue weighted by Gasteiger charge is 2.03. The minimum absolute atomic E-state index is 0.0608. The van der Waals surface area contributed by atoms with E-state index in [9.17, 15) is 4.79 Å². The first-order valence-corrected chi connectivity index (χ1v) is 4.40. The number of hydrogen-bond acceptors (Lipinski definition) is 2. The van der Waals surface area contributed by atoms with E-state index in [1.54, 1.807) is 0 Å². The van der Waals surface area contributed by atoms with E-state index in [0.717, 1.165) is 0 Å². The van der Waals surface area contributed by atoms with Crippen molar-refractivity contribution in [3.63, 3.8) is 0 Å². The molecule has 3 nitrogen and oxygen atoms in total. The summed E-state index contributed by atoms with van der Waals surface area (Å²) in [6.45, 7) is 8.23. The molecule has 0 aromatic carbocycles. The van der Waals surface area contributed by atoms with Gasteiger partial charge in [-0.3, -0.25) is 4.79 Å². The largest absolute Gasteiger partial charge is 0.359 e. The second-order valence-electron chi connectivity index (χ2n) is 3.56. The van der Waals surface area contributed by atoms with Gasteiger partial charge in [0.15, 0.2) is 0 Å². The zero-order valence-electron chi connectivity index (χ0n) is 8.39. The molecule has 0 unspecified atom stereocenters.